The molecule has 3 rings (SSSR count). The van der Waals surface area contributed by atoms with E-state index in [1.807, 2.05) is 38.1 Å². The van der Waals surface area contributed by atoms with E-state index in [4.69, 9.17) is 14.4 Å². The summed E-state index contributed by atoms with van der Waals surface area (Å²) in [7, 11) is 0. The lowest BCUT2D eigenvalue weighted by atomic mass is 10.0. The molecule has 0 spiro atoms. The van der Waals surface area contributed by atoms with Crippen LogP contribution in [0.3, 0.4) is 0 Å². The minimum absolute atomic E-state index is 0.0155. The van der Waals surface area contributed by atoms with Gasteiger partial charge in [0, 0.05) is 23.2 Å². The number of ether oxygens (including phenoxy) is 1. The Hall–Kier alpha value is -3.56. The summed E-state index contributed by atoms with van der Waals surface area (Å²) >= 11 is 0. The quantitative estimate of drug-likeness (QED) is 0.336. The fraction of sp³-hybridized carbons (Fsp3) is 0.385. The van der Waals surface area contributed by atoms with Gasteiger partial charge in [-0.2, -0.15) is 4.98 Å². The van der Waals surface area contributed by atoms with Crippen molar-refractivity contribution >= 4 is 12.2 Å². The Morgan fingerprint density at radius 2 is 2.00 bits per heavy atom. The van der Waals surface area contributed by atoms with Crippen LogP contribution in [0.2, 0.25) is 0 Å². The van der Waals surface area contributed by atoms with Crippen LogP contribution in [0.5, 0.6) is 5.75 Å². The van der Waals surface area contributed by atoms with Crippen LogP contribution in [-0.4, -0.2) is 58.4 Å². The monoisotopic (exact) mass is 481 g/mol. The molecule has 0 bridgehead atoms. The molecule has 0 aliphatic carbocycles. The van der Waals surface area contributed by atoms with Crippen molar-refractivity contribution in [2.24, 2.45) is 0 Å². The number of aliphatic hydroxyl groups excluding tert-OH is 2. The molecule has 1 atom stereocenters. The molecule has 2 aromatic carbocycles. The molecule has 9 nitrogen and oxygen atoms in total. The molecule has 186 valence electrons. The number of rotatable bonds is 12. The largest absolute Gasteiger partial charge is 0.490 e. The van der Waals surface area contributed by atoms with E-state index >= 15 is 0 Å². The number of nitrogens with one attached hydrogen (secondary N) is 1. The van der Waals surface area contributed by atoms with Crippen molar-refractivity contribution in [1.29, 1.82) is 0 Å². The highest BCUT2D eigenvalue weighted by Crippen LogP contribution is 2.31. The Bertz CT molecular complexity index is 1170. The standard InChI is InChI=1S/C26H31N3O6/c1-4-6-17-8-18(13-30)10-21(9-17)26-28-25(29-35-26)20-7-16(3)24(19(5-2)11-20)34-15-22(32)12-27-23(33)14-31/h7-11,13,22,31-32H,4-6,12,14-15H2,1-3H3,(H,27,33). The van der Waals surface area contributed by atoms with Gasteiger partial charge >= 0.3 is 0 Å². The molecule has 9 heteroatoms. The van der Waals surface area contributed by atoms with Gasteiger partial charge in [0.2, 0.25) is 11.7 Å². The number of carbonyl (C=O) groups is 2. The zero-order chi connectivity index (χ0) is 25.4. The van der Waals surface area contributed by atoms with Crippen molar-refractivity contribution in [3.8, 4) is 28.6 Å². The van der Waals surface area contributed by atoms with Crippen LogP contribution in [-0.2, 0) is 17.6 Å². The van der Waals surface area contributed by atoms with Gasteiger partial charge in [-0.25, -0.2) is 0 Å². The van der Waals surface area contributed by atoms with Gasteiger partial charge in [-0.1, -0.05) is 25.4 Å². The number of aliphatic hydroxyl groups is 2. The minimum atomic E-state index is -0.922. The van der Waals surface area contributed by atoms with Crippen LogP contribution in [0.15, 0.2) is 34.9 Å². The van der Waals surface area contributed by atoms with Gasteiger partial charge in [-0.3, -0.25) is 9.59 Å². The summed E-state index contributed by atoms with van der Waals surface area (Å²) in [5.41, 5.74) is 4.81. The zero-order valence-electron chi connectivity index (χ0n) is 20.2. The topological polar surface area (TPSA) is 135 Å². The summed E-state index contributed by atoms with van der Waals surface area (Å²) in [6.45, 7) is 5.30. The number of hydrogen-bond acceptors (Lipinski definition) is 8. The first-order valence-corrected chi connectivity index (χ1v) is 11.6. The number of nitrogens with zero attached hydrogens (tertiary/aromatic N) is 2. The molecule has 1 aromatic heterocycles. The van der Waals surface area contributed by atoms with Crippen LogP contribution in [0.25, 0.3) is 22.8 Å². The lowest BCUT2D eigenvalue weighted by Crippen LogP contribution is -2.36. The van der Waals surface area contributed by atoms with Crippen molar-refractivity contribution in [2.45, 2.75) is 46.1 Å². The van der Waals surface area contributed by atoms with E-state index in [-0.39, 0.29) is 13.2 Å². The zero-order valence-corrected chi connectivity index (χ0v) is 20.2. The molecule has 3 N–H and O–H groups in total. The molecule has 1 unspecified atom stereocenters. The van der Waals surface area contributed by atoms with Crippen LogP contribution in [0.4, 0.5) is 0 Å². The van der Waals surface area contributed by atoms with E-state index in [1.54, 1.807) is 6.07 Å². The van der Waals surface area contributed by atoms with Gasteiger partial charge in [-0.05, 0) is 66.8 Å². The van der Waals surface area contributed by atoms with Gasteiger partial charge in [0.1, 0.15) is 31.4 Å². The Morgan fingerprint density at radius 1 is 1.20 bits per heavy atom. The second kappa shape index (κ2) is 12.2. The van der Waals surface area contributed by atoms with Crippen LogP contribution >= 0.6 is 0 Å². The first-order valence-electron chi connectivity index (χ1n) is 11.6. The molecule has 0 radical (unpaired) electrons. The van der Waals surface area contributed by atoms with E-state index in [0.29, 0.717) is 35.0 Å². The van der Waals surface area contributed by atoms with Gasteiger partial charge in [0.15, 0.2) is 0 Å². The number of benzene rings is 2. The van der Waals surface area contributed by atoms with Gasteiger partial charge < -0.3 is 24.8 Å². The highest BCUT2D eigenvalue weighted by Gasteiger charge is 2.17. The maximum Gasteiger partial charge on any atom is 0.258 e. The number of hydrogen-bond donors (Lipinski definition) is 3. The summed E-state index contributed by atoms with van der Waals surface area (Å²) in [4.78, 5) is 27.1. The van der Waals surface area contributed by atoms with Crippen molar-refractivity contribution in [3.63, 3.8) is 0 Å². The lowest BCUT2D eigenvalue weighted by Gasteiger charge is -2.17. The summed E-state index contributed by atoms with van der Waals surface area (Å²) in [5.74, 6) is 0.850. The smallest absolute Gasteiger partial charge is 0.258 e. The van der Waals surface area contributed by atoms with Crippen LogP contribution in [0.1, 0.15) is 47.3 Å². The van der Waals surface area contributed by atoms with Crippen molar-refractivity contribution in [2.75, 3.05) is 19.8 Å². The summed E-state index contributed by atoms with van der Waals surface area (Å²) < 4.78 is 11.4. The van der Waals surface area contributed by atoms with E-state index in [1.165, 1.54) is 0 Å². The number of aryl methyl sites for hydroxylation is 3. The second-order valence-corrected chi connectivity index (χ2v) is 8.32. The fourth-order valence-electron chi connectivity index (χ4n) is 3.77. The first-order chi connectivity index (χ1) is 16.9. The predicted molar refractivity (Wildman–Crippen MR) is 130 cm³/mol. The second-order valence-electron chi connectivity index (χ2n) is 8.32. The van der Waals surface area contributed by atoms with Crippen LogP contribution in [0, 0.1) is 6.92 Å². The lowest BCUT2D eigenvalue weighted by molar-refractivity contribution is -0.124. The highest BCUT2D eigenvalue weighted by atomic mass is 16.5. The molecule has 35 heavy (non-hydrogen) atoms. The van der Waals surface area contributed by atoms with Crippen LogP contribution < -0.4 is 10.1 Å². The SMILES string of the molecule is CCCc1cc(C=O)cc(-c2nc(-c3cc(C)c(OCC(O)CNC(=O)CO)c(CC)c3)no2)c1. The molecule has 0 fully saturated rings. The Kier molecular flexibility index (Phi) is 9.11. The van der Waals surface area contributed by atoms with E-state index in [2.05, 4.69) is 22.4 Å². The number of amides is 1. The third-order valence-electron chi connectivity index (χ3n) is 5.45. The number of aromatic nitrogens is 2. The Labute approximate surface area is 204 Å². The number of aldehydes is 1. The molecule has 0 saturated carbocycles. The average molecular weight is 482 g/mol. The minimum Gasteiger partial charge on any atom is -0.490 e. The first kappa shape index (κ1) is 26.1. The molecular formula is C26H31N3O6. The van der Waals surface area contributed by atoms with Gasteiger partial charge in [-0.15, -0.1) is 0 Å². The maximum atomic E-state index is 11.4. The molecule has 0 saturated heterocycles. The summed E-state index contributed by atoms with van der Waals surface area (Å²) in [5, 5.41) is 25.4. The Balaban J connectivity index is 1.81. The molecule has 1 amide bonds. The van der Waals surface area contributed by atoms with E-state index < -0.39 is 18.6 Å². The highest BCUT2D eigenvalue weighted by molar-refractivity contribution is 5.78. The third-order valence-corrected chi connectivity index (χ3v) is 5.45. The average Bonchev–Trinajstić information content (AvgIpc) is 3.36. The van der Waals surface area contributed by atoms with Gasteiger partial charge in [0.05, 0.1) is 0 Å². The summed E-state index contributed by atoms with van der Waals surface area (Å²) in [6.07, 6.45) is 2.37. The van der Waals surface area contributed by atoms with E-state index in [0.717, 1.165) is 41.4 Å². The van der Waals surface area contributed by atoms with Gasteiger partial charge in [0.25, 0.3) is 5.89 Å². The third kappa shape index (κ3) is 6.74. The molecular weight excluding hydrogens is 450 g/mol. The molecule has 0 aliphatic rings. The van der Waals surface area contributed by atoms with E-state index in [9.17, 15) is 14.7 Å². The number of carbonyl (C=O) groups excluding carboxylic acids is 2. The molecule has 1 heterocycles. The Morgan fingerprint density at radius 3 is 2.69 bits per heavy atom. The summed E-state index contributed by atoms with van der Waals surface area (Å²) in [6, 6.07) is 9.36. The normalized spacial score (nSPS) is 11.8. The maximum absolute atomic E-state index is 11.4. The fourth-order valence-corrected chi connectivity index (χ4v) is 3.77. The molecule has 3 aromatic rings. The molecule has 0 aliphatic heterocycles. The van der Waals surface area contributed by atoms with Crippen molar-refractivity contribution in [3.05, 3.63) is 52.6 Å². The van der Waals surface area contributed by atoms with Crippen molar-refractivity contribution < 1.29 is 29.1 Å². The predicted octanol–water partition coefficient (Wildman–Crippen LogP) is 2.89. The van der Waals surface area contributed by atoms with Crippen molar-refractivity contribution in [1.82, 2.24) is 15.5 Å².